The molecule has 1 unspecified atom stereocenters. The molecule has 2 aromatic carbocycles. The molecule has 27 heavy (non-hydrogen) atoms. The Bertz CT molecular complexity index is 955. The van der Waals surface area contributed by atoms with Crippen LogP contribution in [0, 0.1) is 0 Å². The van der Waals surface area contributed by atoms with Gasteiger partial charge in [-0.25, -0.2) is 5.01 Å². The van der Waals surface area contributed by atoms with Crippen LogP contribution in [0.1, 0.15) is 23.8 Å². The van der Waals surface area contributed by atoms with Crippen molar-refractivity contribution < 1.29 is 9.15 Å². The summed E-state index contributed by atoms with van der Waals surface area (Å²) in [6, 6.07) is 21.6. The quantitative estimate of drug-likeness (QED) is 0.660. The van der Waals surface area contributed by atoms with Crippen LogP contribution in [0.25, 0.3) is 0 Å². The molecule has 136 valence electrons. The monoisotopic (exact) mass is 377 g/mol. The molecule has 0 radical (unpaired) electrons. The van der Waals surface area contributed by atoms with Gasteiger partial charge in [0.25, 0.3) is 0 Å². The third-order valence-corrected chi connectivity index (χ3v) is 4.72. The van der Waals surface area contributed by atoms with E-state index in [4.69, 9.17) is 26.5 Å². The number of para-hydroxylation sites is 1. The van der Waals surface area contributed by atoms with Gasteiger partial charge in [-0.15, -0.1) is 0 Å². The van der Waals surface area contributed by atoms with Gasteiger partial charge in [-0.05, 0) is 54.2 Å². The number of rotatable bonds is 4. The zero-order valence-corrected chi connectivity index (χ0v) is 15.6. The molecule has 5 nitrogen and oxygen atoms in total. The van der Waals surface area contributed by atoms with Crippen LogP contribution in [0.5, 0.6) is 5.75 Å². The summed E-state index contributed by atoms with van der Waals surface area (Å²) in [6.07, 6.45) is 2.35. The molecule has 0 aliphatic carbocycles. The van der Waals surface area contributed by atoms with Gasteiger partial charge < -0.3 is 14.5 Å². The predicted octanol–water partition coefficient (Wildman–Crippen LogP) is 4.84. The molecule has 4 rings (SSSR count). The normalized spacial score (nSPS) is 16.1. The van der Waals surface area contributed by atoms with Crippen molar-refractivity contribution in [3.8, 4) is 5.75 Å². The number of thiocarbonyl (C=S) groups is 1. The van der Waals surface area contributed by atoms with E-state index < -0.39 is 0 Å². The average Bonchev–Trinajstić information content (AvgIpc) is 3.38. The minimum Gasteiger partial charge on any atom is -0.497 e. The zero-order valence-electron chi connectivity index (χ0n) is 14.8. The predicted molar refractivity (Wildman–Crippen MR) is 110 cm³/mol. The summed E-state index contributed by atoms with van der Waals surface area (Å²) in [5.74, 6) is 1.56. The highest BCUT2D eigenvalue weighted by Crippen LogP contribution is 2.34. The summed E-state index contributed by atoms with van der Waals surface area (Å²) in [5, 5.41) is 10.4. The maximum Gasteiger partial charge on any atom is 0.194 e. The largest absolute Gasteiger partial charge is 0.497 e. The van der Waals surface area contributed by atoms with Gasteiger partial charge >= 0.3 is 0 Å². The number of benzene rings is 2. The minimum atomic E-state index is -0.0380. The summed E-state index contributed by atoms with van der Waals surface area (Å²) >= 11 is 5.66. The Labute approximate surface area is 163 Å². The number of furan rings is 1. The Morgan fingerprint density at radius 2 is 2.00 bits per heavy atom. The second-order valence-corrected chi connectivity index (χ2v) is 6.55. The van der Waals surface area contributed by atoms with Crippen molar-refractivity contribution in [1.82, 2.24) is 5.01 Å². The fourth-order valence-electron chi connectivity index (χ4n) is 3.10. The fourth-order valence-corrected chi connectivity index (χ4v) is 3.39. The molecule has 1 aliphatic heterocycles. The number of methoxy groups -OCH3 is 1. The van der Waals surface area contributed by atoms with Crippen LogP contribution in [-0.4, -0.2) is 22.9 Å². The molecule has 1 atom stereocenters. The van der Waals surface area contributed by atoms with Crippen molar-refractivity contribution in [2.24, 2.45) is 5.10 Å². The fraction of sp³-hybridized carbons (Fsp3) is 0.143. The standard InChI is InChI=1S/C21H19N3O2S/c1-25-17-10-5-7-15(13-17)19-14-18(20-11-6-12-26-20)23-24(19)21(27)22-16-8-3-2-4-9-16/h2-13,19H,14H2,1H3,(H,22,27). The second kappa shape index (κ2) is 7.63. The van der Waals surface area contributed by atoms with Crippen molar-refractivity contribution >= 4 is 28.7 Å². The molecule has 0 amide bonds. The van der Waals surface area contributed by atoms with Gasteiger partial charge in [-0.1, -0.05) is 30.3 Å². The molecule has 0 fully saturated rings. The Balaban J connectivity index is 1.65. The number of hydrogen-bond acceptors (Lipinski definition) is 4. The first-order valence-electron chi connectivity index (χ1n) is 8.65. The first-order valence-corrected chi connectivity index (χ1v) is 9.06. The van der Waals surface area contributed by atoms with Crippen LogP contribution in [0.15, 0.2) is 82.5 Å². The van der Waals surface area contributed by atoms with E-state index >= 15 is 0 Å². The van der Waals surface area contributed by atoms with E-state index in [0.29, 0.717) is 11.5 Å². The van der Waals surface area contributed by atoms with E-state index in [1.165, 1.54) is 0 Å². The van der Waals surface area contributed by atoms with Crippen LogP contribution in [0.3, 0.4) is 0 Å². The molecule has 2 heterocycles. The van der Waals surface area contributed by atoms with Crippen molar-refractivity contribution in [2.45, 2.75) is 12.5 Å². The van der Waals surface area contributed by atoms with E-state index in [9.17, 15) is 0 Å². The van der Waals surface area contributed by atoms with Gasteiger partial charge in [0.2, 0.25) is 0 Å². The number of hydrazone groups is 1. The van der Waals surface area contributed by atoms with Crippen LogP contribution in [-0.2, 0) is 0 Å². The van der Waals surface area contributed by atoms with Crippen molar-refractivity contribution in [2.75, 3.05) is 12.4 Å². The highest BCUT2D eigenvalue weighted by atomic mass is 32.1. The Kier molecular flexibility index (Phi) is 4.89. The highest BCUT2D eigenvalue weighted by Gasteiger charge is 2.32. The van der Waals surface area contributed by atoms with E-state index in [2.05, 4.69) is 11.4 Å². The molecule has 1 aromatic heterocycles. The number of nitrogens with zero attached hydrogens (tertiary/aromatic N) is 2. The Morgan fingerprint density at radius 3 is 2.74 bits per heavy atom. The SMILES string of the molecule is COc1cccc(C2CC(c3ccco3)=NN2C(=S)Nc2ccccc2)c1. The molecule has 3 aromatic rings. The molecule has 1 N–H and O–H groups in total. The second-order valence-electron chi connectivity index (χ2n) is 6.16. The van der Waals surface area contributed by atoms with Crippen LogP contribution < -0.4 is 10.1 Å². The lowest BCUT2D eigenvalue weighted by atomic mass is 10.0. The molecule has 0 bridgehead atoms. The summed E-state index contributed by atoms with van der Waals surface area (Å²) < 4.78 is 10.9. The maximum atomic E-state index is 5.66. The van der Waals surface area contributed by atoms with Crippen molar-refractivity contribution in [1.29, 1.82) is 0 Å². The summed E-state index contributed by atoms with van der Waals surface area (Å²) in [7, 11) is 1.66. The lowest BCUT2D eigenvalue weighted by Gasteiger charge is -2.25. The molecular formula is C21H19N3O2S. The topological polar surface area (TPSA) is 50.0 Å². The van der Waals surface area contributed by atoms with Gasteiger partial charge in [0, 0.05) is 12.1 Å². The Morgan fingerprint density at radius 1 is 1.15 bits per heavy atom. The van der Waals surface area contributed by atoms with Gasteiger partial charge in [0.05, 0.1) is 19.4 Å². The third kappa shape index (κ3) is 3.71. The zero-order chi connectivity index (χ0) is 18.6. The van der Waals surface area contributed by atoms with Crippen LogP contribution in [0.4, 0.5) is 5.69 Å². The molecule has 0 saturated heterocycles. The smallest absolute Gasteiger partial charge is 0.194 e. The first-order chi connectivity index (χ1) is 13.2. The molecular weight excluding hydrogens is 358 g/mol. The number of ether oxygens (including phenoxy) is 1. The number of anilines is 1. The minimum absolute atomic E-state index is 0.0380. The van der Waals surface area contributed by atoms with Crippen LogP contribution >= 0.6 is 12.2 Å². The van der Waals surface area contributed by atoms with Gasteiger partial charge in [0.1, 0.15) is 17.2 Å². The first kappa shape index (κ1) is 17.3. The van der Waals surface area contributed by atoms with E-state index in [0.717, 1.165) is 28.5 Å². The van der Waals surface area contributed by atoms with E-state index in [1.807, 2.05) is 65.7 Å². The number of hydrogen-bond donors (Lipinski definition) is 1. The molecule has 6 heteroatoms. The lowest BCUT2D eigenvalue weighted by Crippen LogP contribution is -2.31. The molecule has 0 saturated carbocycles. The third-order valence-electron chi connectivity index (χ3n) is 4.43. The van der Waals surface area contributed by atoms with Crippen LogP contribution in [0.2, 0.25) is 0 Å². The molecule has 0 spiro atoms. The number of nitrogens with one attached hydrogen (secondary N) is 1. The average molecular weight is 377 g/mol. The van der Waals surface area contributed by atoms with Gasteiger partial charge in [-0.3, -0.25) is 0 Å². The van der Waals surface area contributed by atoms with Crippen molar-refractivity contribution in [3.05, 3.63) is 84.3 Å². The van der Waals surface area contributed by atoms with Gasteiger partial charge in [-0.2, -0.15) is 5.10 Å². The van der Waals surface area contributed by atoms with E-state index in [1.54, 1.807) is 13.4 Å². The lowest BCUT2D eigenvalue weighted by molar-refractivity contribution is 0.371. The van der Waals surface area contributed by atoms with Crippen molar-refractivity contribution in [3.63, 3.8) is 0 Å². The summed E-state index contributed by atoms with van der Waals surface area (Å²) in [6.45, 7) is 0. The highest BCUT2D eigenvalue weighted by molar-refractivity contribution is 7.80. The van der Waals surface area contributed by atoms with Gasteiger partial charge in [0.15, 0.2) is 5.11 Å². The molecule has 1 aliphatic rings. The van der Waals surface area contributed by atoms with E-state index in [-0.39, 0.29) is 6.04 Å². The summed E-state index contributed by atoms with van der Waals surface area (Å²) in [4.78, 5) is 0. The summed E-state index contributed by atoms with van der Waals surface area (Å²) in [5.41, 5.74) is 2.87. The Hall–Kier alpha value is -3.12. The maximum absolute atomic E-state index is 5.66.